The largest absolute Gasteiger partial charge is 0.250 e. The molecule has 7 heteroatoms. The maximum absolute atomic E-state index is 13.3. The number of benzene rings is 1. The normalized spacial score (nSPS) is 11.2. The van der Waals surface area contributed by atoms with Crippen LogP contribution in [0.5, 0.6) is 0 Å². The lowest BCUT2D eigenvalue weighted by Gasteiger charge is -2.00. The molecule has 0 radical (unpaired) electrons. The van der Waals surface area contributed by atoms with Gasteiger partial charge in [0.25, 0.3) is 0 Å². The number of thiophene rings is 1. The molecule has 0 saturated carbocycles. The fraction of sp³-hybridized carbons (Fsp3) is 0. The topological polar surface area (TPSA) is 46.0 Å². The molecule has 0 spiro atoms. The van der Waals surface area contributed by atoms with E-state index in [4.69, 9.17) is 12.2 Å². The fourth-order valence-electron chi connectivity index (χ4n) is 1.69. The highest BCUT2D eigenvalue weighted by Gasteiger charge is 2.08. The van der Waals surface area contributed by atoms with Crippen molar-refractivity contribution in [1.29, 1.82) is 0 Å². The third kappa shape index (κ3) is 2.59. The second-order valence-electron chi connectivity index (χ2n) is 3.93. The standard InChI is InChI=1S/C13H9FN4S2/c14-10-4-1-3-9(7-10)12-16-17-13(19)18(12)15-8-11-5-2-6-20-11/h1-8H,(H,17,19)/b15-8-. The lowest BCUT2D eigenvalue weighted by atomic mass is 10.2. The van der Waals surface area contributed by atoms with Crippen LogP contribution in [0.3, 0.4) is 0 Å². The first kappa shape index (κ1) is 12.9. The number of rotatable bonds is 3. The van der Waals surface area contributed by atoms with Crippen LogP contribution < -0.4 is 0 Å². The maximum atomic E-state index is 13.3. The first-order valence-electron chi connectivity index (χ1n) is 5.75. The van der Waals surface area contributed by atoms with Crippen LogP contribution in [-0.2, 0) is 0 Å². The second kappa shape index (κ2) is 5.48. The van der Waals surface area contributed by atoms with Gasteiger partial charge in [0.15, 0.2) is 5.82 Å². The van der Waals surface area contributed by atoms with Crippen LogP contribution >= 0.6 is 23.6 Å². The predicted molar refractivity (Wildman–Crippen MR) is 80.1 cm³/mol. The second-order valence-corrected chi connectivity index (χ2v) is 5.30. The third-order valence-electron chi connectivity index (χ3n) is 2.58. The SMILES string of the molecule is Fc1cccc(-c2n[nH]c(=S)n2/N=C\c2cccs2)c1. The molecule has 2 aromatic heterocycles. The Morgan fingerprint density at radius 1 is 1.35 bits per heavy atom. The zero-order valence-electron chi connectivity index (χ0n) is 10.2. The molecule has 0 amide bonds. The van der Waals surface area contributed by atoms with E-state index in [1.165, 1.54) is 16.8 Å². The molecule has 0 saturated heterocycles. The first-order chi connectivity index (χ1) is 9.74. The van der Waals surface area contributed by atoms with Gasteiger partial charge < -0.3 is 0 Å². The smallest absolute Gasteiger partial charge is 0.216 e. The Bertz CT molecular complexity index is 802. The number of hydrogen-bond acceptors (Lipinski definition) is 4. The molecule has 0 unspecified atom stereocenters. The molecule has 3 aromatic rings. The minimum atomic E-state index is -0.329. The maximum Gasteiger partial charge on any atom is 0.216 e. The predicted octanol–water partition coefficient (Wildman–Crippen LogP) is 3.69. The van der Waals surface area contributed by atoms with Crippen molar-refractivity contribution < 1.29 is 4.39 Å². The quantitative estimate of drug-likeness (QED) is 0.592. The first-order valence-corrected chi connectivity index (χ1v) is 7.04. The van der Waals surface area contributed by atoms with E-state index in [0.29, 0.717) is 16.2 Å². The van der Waals surface area contributed by atoms with E-state index >= 15 is 0 Å². The van der Waals surface area contributed by atoms with Crippen molar-refractivity contribution in [3.05, 3.63) is 57.2 Å². The van der Waals surface area contributed by atoms with E-state index in [-0.39, 0.29) is 5.82 Å². The van der Waals surface area contributed by atoms with Gasteiger partial charge in [0.05, 0.1) is 6.21 Å². The van der Waals surface area contributed by atoms with Gasteiger partial charge in [-0.2, -0.15) is 14.9 Å². The number of halogens is 1. The van der Waals surface area contributed by atoms with E-state index in [9.17, 15) is 4.39 Å². The average molecular weight is 304 g/mol. The summed E-state index contributed by atoms with van der Waals surface area (Å²) in [7, 11) is 0. The van der Waals surface area contributed by atoms with E-state index in [2.05, 4.69) is 15.3 Å². The lowest BCUT2D eigenvalue weighted by molar-refractivity contribution is 0.628. The van der Waals surface area contributed by atoms with Crippen LogP contribution in [0.15, 0.2) is 46.9 Å². The number of nitrogens with one attached hydrogen (secondary N) is 1. The molecule has 0 aliphatic carbocycles. The highest BCUT2D eigenvalue weighted by atomic mass is 32.1. The summed E-state index contributed by atoms with van der Waals surface area (Å²) in [5.74, 6) is 0.146. The summed E-state index contributed by atoms with van der Waals surface area (Å²) in [6.07, 6.45) is 1.69. The Labute approximate surface area is 123 Å². The average Bonchev–Trinajstić information content (AvgIpc) is 3.06. The van der Waals surface area contributed by atoms with Crippen molar-refractivity contribution in [1.82, 2.24) is 14.9 Å². The minimum Gasteiger partial charge on any atom is -0.250 e. The summed E-state index contributed by atoms with van der Waals surface area (Å²) in [5.41, 5.74) is 0.612. The molecule has 0 fully saturated rings. The lowest BCUT2D eigenvalue weighted by Crippen LogP contribution is -1.94. The van der Waals surface area contributed by atoms with Gasteiger partial charge >= 0.3 is 0 Å². The Kier molecular flexibility index (Phi) is 3.53. The zero-order chi connectivity index (χ0) is 13.9. The number of aromatic nitrogens is 3. The van der Waals surface area contributed by atoms with Gasteiger partial charge in [0, 0.05) is 10.4 Å². The van der Waals surface area contributed by atoms with Gasteiger partial charge in [0.1, 0.15) is 5.82 Å². The molecular weight excluding hydrogens is 295 g/mol. The molecular formula is C13H9FN4S2. The van der Waals surface area contributed by atoms with Crippen LogP contribution in [0.25, 0.3) is 11.4 Å². The van der Waals surface area contributed by atoms with Gasteiger partial charge in [0.2, 0.25) is 4.77 Å². The molecule has 20 heavy (non-hydrogen) atoms. The molecule has 0 aliphatic heterocycles. The summed E-state index contributed by atoms with van der Waals surface area (Å²) >= 11 is 6.71. The molecule has 1 N–H and O–H groups in total. The molecule has 3 rings (SSSR count). The van der Waals surface area contributed by atoms with Crippen molar-refractivity contribution in [2.45, 2.75) is 0 Å². The van der Waals surface area contributed by atoms with Gasteiger partial charge in [-0.05, 0) is 35.8 Å². The van der Waals surface area contributed by atoms with E-state index in [1.54, 1.807) is 29.7 Å². The number of H-pyrrole nitrogens is 1. The molecule has 2 heterocycles. The van der Waals surface area contributed by atoms with E-state index in [1.807, 2.05) is 17.5 Å². The number of aromatic amines is 1. The number of hydrogen-bond donors (Lipinski definition) is 1. The van der Waals surface area contributed by atoms with Gasteiger partial charge in [-0.1, -0.05) is 18.2 Å². The Morgan fingerprint density at radius 2 is 2.25 bits per heavy atom. The van der Waals surface area contributed by atoms with Crippen LogP contribution in [0.1, 0.15) is 4.88 Å². The summed E-state index contributed by atoms with van der Waals surface area (Å²) in [6.45, 7) is 0. The zero-order valence-corrected chi connectivity index (χ0v) is 11.8. The van der Waals surface area contributed by atoms with Crippen molar-refractivity contribution in [3.8, 4) is 11.4 Å². The Morgan fingerprint density at radius 3 is 3.00 bits per heavy atom. The monoisotopic (exact) mass is 304 g/mol. The van der Waals surface area contributed by atoms with Crippen LogP contribution in [-0.4, -0.2) is 21.1 Å². The van der Waals surface area contributed by atoms with Gasteiger partial charge in [-0.3, -0.25) is 0 Å². The van der Waals surface area contributed by atoms with Crippen molar-refractivity contribution in [2.75, 3.05) is 0 Å². The van der Waals surface area contributed by atoms with Crippen LogP contribution in [0, 0.1) is 10.6 Å². The number of nitrogens with zero attached hydrogens (tertiary/aromatic N) is 3. The van der Waals surface area contributed by atoms with E-state index in [0.717, 1.165) is 4.88 Å². The molecule has 4 nitrogen and oxygen atoms in total. The van der Waals surface area contributed by atoms with E-state index < -0.39 is 0 Å². The van der Waals surface area contributed by atoms with Gasteiger partial charge in [-0.25, -0.2) is 9.49 Å². The van der Waals surface area contributed by atoms with Crippen LogP contribution in [0.4, 0.5) is 4.39 Å². The van der Waals surface area contributed by atoms with Crippen LogP contribution in [0.2, 0.25) is 0 Å². The Hall–Kier alpha value is -2.12. The molecule has 100 valence electrons. The van der Waals surface area contributed by atoms with Gasteiger partial charge in [-0.15, -0.1) is 11.3 Å². The summed E-state index contributed by atoms with van der Waals surface area (Å²) in [4.78, 5) is 0.998. The summed E-state index contributed by atoms with van der Waals surface area (Å²) < 4.78 is 15.1. The van der Waals surface area contributed by atoms with Crippen molar-refractivity contribution in [2.24, 2.45) is 5.10 Å². The molecule has 0 bridgehead atoms. The fourth-order valence-corrected chi connectivity index (χ4v) is 2.45. The minimum absolute atomic E-state index is 0.329. The highest BCUT2D eigenvalue weighted by molar-refractivity contribution is 7.71. The Balaban J connectivity index is 2.04. The van der Waals surface area contributed by atoms with Crippen molar-refractivity contribution >= 4 is 29.8 Å². The summed E-state index contributed by atoms with van der Waals surface area (Å²) in [5, 5.41) is 13.0. The molecule has 0 atom stereocenters. The molecule has 0 aliphatic rings. The third-order valence-corrected chi connectivity index (χ3v) is 3.65. The highest BCUT2D eigenvalue weighted by Crippen LogP contribution is 2.18. The molecule has 1 aromatic carbocycles. The van der Waals surface area contributed by atoms with Crippen molar-refractivity contribution in [3.63, 3.8) is 0 Å². The summed E-state index contributed by atoms with van der Waals surface area (Å²) in [6, 6.07) is 10.0.